The third-order valence-electron chi connectivity index (χ3n) is 2.41. The van der Waals surface area contributed by atoms with Crippen molar-refractivity contribution in [1.29, 1.82) is 0 Å². The Labute approximate surface area is 99.8 Å². The van der Waals surface area contributed by atoms with Gasteiger partial charge >= 0.3 is 5.97 Å². The molecule has 1 atom stereocenters. The van der Waals surface area contributed by atoms with Crippen LogP contribution >= 0.6 is 0 Å². The van der Waals surface area contributed by atoms with Crippen molar-refractivity contribution in [3.05, 3.63) is 30.3 Å². The molecule has 1 heterocycles. The molecule has 1 aromatic rings. The highest BCUT2D eigenvalue weighted by atomic mass is 17.2. The van der Waals surface area contributed by atoms with Gasteiger partial charge in [0.25, 0.3) is 0 Å². The number of rotatable bonds is 5. The lowest BCUT2D eigenvalue weighted by molar-refractivity contribution is -0.293. The summed E-state index contributed by atoms with van der Waals surface area (Å²) in [5.41, 5.74) is 0.837. The largest absolute Gasteiger partial charge is 0.340 e. The molecule has 0 aromatic heterocycles. The molecule has 0 bridgehead atoms. The topological polar surface area (TPSA) is 48.0 Å². The quantitative estimate of drug-likeness (QED) is 0.443. The van der Waals surface area contributed by atoms with E-state index in [1.54, 1.807) is 5.06 Å². The first-order chi connectivity index (χ1) is 8.31. The van der Waals surface area contributed by atoms with Gasteiger partial charge in [-0.3, -0.25) is 0 Å². The van der Waals surface area contributed by atoms with Crippen LogP contribution in [0.1, 0.15) is 13.3 Å². The van der Waals surface area contributed by atoms with Crippen molar-refractivity contribution >= 4 is 11.7 Å². The highest BCUT2D eigenvalue weighted by molar-refractivity contribution is 5.75. The second kappa shape index (κ2) is 5.65. The molecule has 1 aliphatic rings. The predicted octanol–water partition coefficient (Wildman–Crippen LogP) is 1.69. The van der Waals surface area contributed by atoms with Crippen LogP contribution in [-0.2, 0) is 19.4 Å². The number of hydroxylamine groups is 1. The highest BCUT2D eigenvalue weighted by Crippen LogP contribution is 2.24. The van der Waals surface area contributed by atoms with Crippen molar-refractivity contribution in [2.75, 3.05) is 18.3 Å². The molecule has 17 heavy (non-hydrogen) atoms. The Morgan fingerprint density at radius 2 is 2.12 bits per heavy atom. The fourth-order valence-corrected chi connectivity index (χ4v) is 1.67. The lowest BCUT2D eigenvalue weighted by Gasteiger charge is -2.22. The van der Waals surface area contributed by atoms with E-state index in [-0.39, 0.29) is 12.0 Å². The smallest absolute Gasteiger partial charge is 0.334 e. The lowest BCUT2D eigenvalue weighted by Crippen LogP contribution is -2.32. The van der Waals surface area contributed by atoms with Gasteiger partial charge < -0.3 is 4.84 Å². The number of hydrogen-bond acceptors (Lipinski definition) is 5. The summed E-state index contributed by atoms with van der Waals surface area (Å²) in [5.74, 6) is -0.251. The van der Waals surface area contributed by atoms with Crippen LogP contribution in [-0.4, -0.2) is 25.2 Å². The molecule has 1 saturated heterocycles. The second-order valence-corrected chi connectivity index (χ2v) is 3.67. The molecular formula is C12H15NO4. The Bertz CT molecular complexity index is 368. The molecule has 0 spiro atoms. The van der Waals surface area contributed by atoms with Crippen LogP contribution in [0.25, 0.3) is 0 Å². The van der Waals surface area contributed by atoms with Crippen LogP contribution in [0, 0.1) is 0 Å². The van der Waals surface area contributed by atoms with Gasteiger partial charge in [-0.15, -0.1) is 0 Å². The zero-order chi connectivity index (χ0) is 12.1. The molecule has 0 N–H and O–H groups in total. The third kappa shape index (κ3) is 2.95. The van der Waals surface area contributed by atoms with Gasteiger partial charge in [0.15, 0.2) is 0 Å². The molecule has 1 aromatic carbocycles. The zero-order valence-corrected chi connectivity index (χ0v) is 9.67. The maximum Gasteiger partial charge on any atom is 0.334 e. The van der Waals surface area contributed by atoms with Crippen molar-refractivity contribution < 1.29 is 19.4 Å². The highest BCUT2D eigenvalue weighted by Gasteiger charge is 2.33. The minimum Gasteiger partial charge on any atom is -0.340 e. The second-order valence-electron chi connectivity index (χ2n) is 3.67. The summed E-state index contributed by atoms with van der Waals surface area (Å²) in [7, 11) is 0. The first kappa shape index (κ1) is 11.9. The fraction of sp³-hybridized carbons (Fsp3) is 0.417. The number of carbonyl (C=O) groups is 1. The summed E-state index contributed by atoms with van der Waals surface area (Å²) in [5, 5.41) is 1.57. The summed E-state index contributed by atoms with van der Waals surface area (Å²) in [4.78, 5) is 26.3. The van der Waals surface area contributed by atoms with E-state index in [0.717, 1.165) is 5.69 Å². The van der Waals surface area contributed by atoms with Crippen molar-refractivity contribution in [2.45, 2.75) is 19.4 Å². The van der Waals surface area contributed by atoms with E-state index in [4.69, 9.17) is 14.6 Å². The Kier molecular flexibility index (Phi) is 3.95. The monoisotopic (exact) mass is 237 g/mol. The van der Waals surface area contributed by atoms with E-state index in [9.17, 15) is 4.79 Å². The van der Waals surface area contributed by atoms with Gasteiger partial charge in [0, 0.05) is 0 Å². The lowest BCUT2D eigenvalue weighted by atomic mass is 10.2. The Balaban J connectivity index is 2.01. The molecule has 5 nitrogen and oxygen atoms in total. The maximum atomic E-state index is 11.3. The molecule has 1 aliphatic heterocycles. The van der Waals surface area contributed by atoms with E-state index in [0.29, 0.717) is 19.6 Å². The van der Waals surface area contributed by atoms with Gasteiger partial charge in [0.05, 0.1) is 18.7 Å². The maximum absolute atomic E-state index is 11.3. The summed E-state index contributed by atoms with van der Waals surface area (Å²) in [6, 6.07) is 9.31. The molecule has 0 aliphatic carbocycles. The van der Waals surface area contributed by atoms with Gasteiger partial charge in [-0.25, -0.2) is 19.6 Å². The van der Waals surface area contributed by atoms with Crippen molar-refractivity contribution in [3.63, 3.8) is 0 Å². The molecule has 5 heteroatoms. The number of anilines is 1. The normalized spacial score (nSPS) is 19.5. The van der Waals surface area contributed by atoms with Crippen molar-refractivity contribution in [3.8, 4) is 0 Å². The Morgan fingerprint density at radius 1 is 1.35 bits per heavy atom. The Hall–Kier alpha value is -1.59. The van der Waals surface area contributed by atoms with Crippen LogP contribution < -0.4 is 5.06 Å². The zero-order valence-electron chi connectivity index (χ0n) is 9.67. The molecule has 0 amide bonds. The summed E-state index contributed by atoms with van der Waals surface area (Å²) in [6.07, 6.45) is 0.308. The first-order valence-electron chi connectivity index (χ1n) is 5.60. The number of benzene rings is 1. The summed E-state index contributed by atoms with van der Waals surface area (Å²) >= 11 is 0. The standard InChI is InChI=1S/C12H15NO4/c1-2-15-16-9-11-8-12(14)17-13(11)10-6-4-3-5-7-10/h3-7,11H,2,8-9H2,1H3. The van der Waals surface area contributed by atoms with E-state index in [1.165, 1.54) is 0 Å². The van der Waals surface area contributed by atoms with Gasteiger partial charge in [-0.1, -0.05) is 18.2 Å². The summed E-state index contributed by atoms with van der Waals surface area (Å²) < 4.78 is 0. The van der Waals surface area contributed by atoms with Crippen LogP contribution in [0.2, 0.25) is 0 Å². The van der Waals surface area contributed by atoms with E-state index >= 15 is 0 Å². The molecule has 92 valence electrons. The van der Waals surface area contributed by atoms with Crippen molar-refractivity contribution in [2.24, 2.45) is 0 Å². The molecule has 2 rings (SSSR count). The number of hydrogen-bond donors (Lipinski definition) is 0. The average molecular weight is 237 g/mol. The number of carbonyl (C=O) groups excluding carboxylic acids is 1. The minimum absolute atomic E-state index is 0.142. The van der Waals surface area contributed by atoms with Gasteiger partial charge in [-0.2, -0.15) is 0 Å². The van der Waals surface area contributed by atoms with E-state index in [2.05, 4.69) is 0 Å². The minimum atomic E-state index is -0.251. The molecule has 1 fully saturated rings. The van der Waals surface area contributed by atoms with Crippen molar-refractivity contribution in [1.82, 2.24) is 0 Å². The molecule has 0 radical (unpaired) electrons. The third-order valence-corrected chi connectivity index (χ3v) is 2.41. The van der Waals surface area contributed by atoms with Gasteiger partial charge in [0.1, 0.15) is 12.6 Å². The molecule has 0 saturated carbocycles. The fourth-order valence-electron chi connectivity index (χ4n) is 1.67. The van der Waals surface area contributed by atoms with E-state index < -0.39 is 0 Å². The first-order valence-corrected chi connectivity index (χ1v) is 5.60. The summed E-state index contributed by atoms with van der Waals surface area (Å²) in [6.45, 7) is 2.62. The van der Waals surface area contributed by atoms with E-state index in [1.807, 2.05) is 37.3 Å². The molecular weight excluding hydrogens is 222 g/mol. The number of nitrogens with zero attached hydrogens (tertiary/aromatic N) is 1. The van der Waals surface area contributed by atoms with Crippen LogP contribution in [0.3, 0.4) is 0 Å². The van der Waals surface area contributed by atoms with Gasteiger partial charge in [-0.05, 0) is 19.1 Å². The number of para-hydroxylation sites is 1. The van der Waals surface area contributed by atoms with Crippen LogP contribution in [0.4, 0.5) is 5.69 Å². The predicted molar refractivity (Wildman–Crippen MR) is 61.0 cm³/mol. The average Bonchev–Trinajstić information content (AvgIpc) is 2.72. The van der Waals surface area contributed by atoms with Gasteiger partial charge in [0.2, 0.25) is 0 Å². The van der Waals surface area contributed by atoms with Crippen LogP contribution in [0.5, 0.6) is 0 Å². The Morgan fingerprint density at radius 3 is 2.82 bits per heavy atom. The SMILES string of the molecule is CCOOCC1CC(=O)ON1c1ccccc1. The van der Waals surface area contributed by atoms with Crippen LogP contribution in [0.15, 0.2) is 30.3 Å². The molecule has 1 unspecified atom stereocenters.